The molecule has 23 heavy (non-hydrogen) atoms. The minimum Gasteiger partial charge on any atom is -0.504 e. The van der Waals surface area contributed by atoms with Crippen LogP contribution in [0.1, 0.15) is 38.7 Å². The van der Waals surface area contributed by atoms with Crippen LogP contribution in [0.25, 0.3) is 0 Å². The number of aromatic hydroxyl groups is 2. The van der Waals surface area contributed by atoms with Gasteiger partial charge in [0.2, 0.25) is 5.91 Å². The molecule has 0 spiro atoms. The number of carbonyl (C=O) groups is 1. The van der Waals surface area contributed by atoms with Gasteiger partial charge in [-0.2, -0.15) is 5.10 Å². The van der Waals surface area contributed by atoms with E-state index < -0.39 is 5.41 Å². The van der Waals surface area contributed by atoms with Crippen LogP contribution in [-0.4, -0.2) is 22.3 Å². The smallest absolute Gasteiger partial charge is 0.250 e. The first-order valence-electron chi connectivity index (χ1n) is 7.83. The molecule has 5 nitrogen and oxygen atoms in total. The van der Waals surface area contributed by atoms with E-state index in [1.165, 1.54) is 18.3 Å². The van der Waals surface area contributed by atoms with Gasteiger partial charge in [0.05, 0.1) is 11.6 Å². The van der Waals surface area contributed by atoms with Gasteiger partial charge in [-0.1, -0.05) is 26.0 Å². The van der Waals surface area contributed by atoms with E-state index in [0.717, 1.165) is 24.8 Å². The van der Waals surface area contributed by atoms with Crippen molar-refractivity contribution in [2.24, 2.45) is 21.8 Å². The molecule has 0 saturated heterocycles. The van der Waals surface area contributed by atoms with Gasteiger partial charge in [-0.3, -0.25) is 4.79 Å². The summed E-state index contributed by atoms with van der Waals surface area (Å²) in [5, 5.41) is 22.7. The molecule has 0 aliphatic heterocycles. The number of benzene rings is 1. The molecule has 1 amide bonds. The average molecular weight is 314 g/mol. The molecule has 3 rings (SSSR count). The summed E-state index contributed by atoms with van der Waals surface area (Å²) in [6.45, 7) is 8.52. The molecule has 122 valence electrons. The Balaban J connectivity index is 1.71. The summed E-state index contributed by atoms with van der Waals surface area (Å²) in [5.41, 5.74) is 3.73. The lowest BCUT2D eigenvalue weighted by atomic mass is 9.68. The van der Waals surface area contributed by atoms with E-state index in [1.807, 2.05) is 0 Å². The first kappa shape index (κ1) is 15.6. The first-order chi connectivity index (χ1) is 10.8. The number of amides is 1. The van der Waals surface area contributed by atoms with Crippen LogP contribution in [0.5, 0.6) is 11.5 Å². The minimum atomic E-state index is -0.497. The minimum absolute atomic E-state index is 0.00203. The molecule has 2 aliphatic carbocycles. The van der Waals surface area contributed by atoms with E-state index in [0.29, 0.717) is 11.5 Å². The summed E-state index contributed by atoms with van der Waals surface area (Å²) in [5.74, 6) is 0.00332. The Kier molecular flexibility index (Phi) is 3.47. The number of rotatable bonds is 3. The number of fused-ring (bicyclic) bond motifs is 2. The number of hydrogen-bond acceptors (Lipinski definition) is 4. The maximum Gasteiger partial charge on any atom is 0.250 e. The number of carbonyl (C=O) groups excluding carboxylic acids is 1. The van der Waals surface area contributed by atoms with Gasteiger partial charge < -0.3 is 10.2 Å². The zero-order valence-corrected chi connectivity index (χ0v) is 13.5. The van der Waals surface area contributed by atoms with Crippen LogP contribution >= 0.6 is 0 Å². The van der Waals surface area contributed by atoms with Gasteiger partial charge in [0.1, 0.15) is 0 Å². The average Bonchev–Trinajstić information content (AvgIpc) is 3.03. The van der Waals surface area contributed by atoms with E-state index >= 15 is 0 Å². The van der Waals surface area contributed by atoms with Gasteiger partial charge in [0, 0.05) is 0 Å². The van der Waals surface area contributed by atoms with Crippen molar-refractivity contribution in [1.29, 1.82) is 0 Å². The lowest BCUT2D eigenvalue weighted by Crippen LogP contribution is -2.39. The van der Waals surface area contributed by atoms with Crippen molar-refractivity contribution in [2.45, 2.75) is 33.1 Å². The first-order valence-corrected chi connectivity index (χ1v) is 7.83. The Hall–Kier alpha value is -2.30. The van der Waals surface area contributed by atoms with Crippen LogP contribution in [0.15, 0.2) is 35.5 Å². The van der Waals surface area contributed by atoms with E-state index in [9.17, 15) is 15.0 Å². The molecule has 0 radical (unpaired) electrons. The maximum absolute atomic E-state index is 12.7. The van der Waals surface area contributed by atoms with Crippen LogP contribution < -0.4 is 5.43 Å². The Morgan fingerprint density at radius 2 is 2.13 bits per heavy atom. The fraction of sp³-hybridized carbons (Fsp3) is 0.444. The highest BCUT2D eigenvalue weighted by molar-refractivity contribution is 5.89. The van der Waals surface area contributed by atoms with Crippen molar-refractivity contribution < 1.29 is 15.0 Å². The Bertz CT molecular complexity index is 708. The predicted octanol–water partition coefficient (Wildman–Crippen LogP) is 2.93. The quantitative estimate of drug-likeness (QED) is 0.347. The second kappa shape index (κ2) is 5.11. The van der Waals surface area contributed by atoms with E-state index in [2.05, 4.69) is 31.0 Å². The Labute approximate surface area is 135 Å². The van der Waals surface area contributed by atoms with Gasteiger partial charge in [0.25, 0.3) is 0 Å². The molecular weight excluding hydrogens is 292 g/mol. The SMILES string of the molecule is C=C1C(C)(C)[C@H]2CC[C@]1(C(=O)N/N=C\c1ccc(O)c(O)c1)C2. The third kappa shape index (κ3) is 2.31. The van der Waals surface area contributed by atoms with Gasteiger partial charge in [-0.15, -0.1) is 0 Å². The van der Waals surface area contributed by atoms with Crippen molar-refractivity contribution in [3.63, 3.8) is 0 Å². The molecule has 2 fully saturated rings. The van der Waals surface area contributed by atoms with Gasteiger partial charge in [0.15, 0.2) is 11.5 Å². The van der Waals surface area contributed by atoms with Gasteiger partial charge in [-0.05, 0) is 54.4 Å². The zero-order chi connectivity index (χ0) is 16.8. The Morgan fingerprint density at radius 1 is 1.39 bits per heavy atom. The summed E-state index contributed by atoms with van der Waals surface area (Å²) in [6, 6.07) is 4.36. The zero-order valence-electron chi connectivity index (χ0n) is 13.5. The highest BCUT2D eigenvalue weighted by Gasteiger charge is 2.60. The normalized spacial score (nSPS) is 28.4. The van der Waals surface area contributed by atoms with Crippen LogP contribution in [0.3, 0.4) is 0 Å². The van der Waals surface area contributed by atoms with Crippen molar-refractivity contribution in [3.05, 3.63) is 35.9 Å². The molecule has 0 heterocycles. The van der Waals surface area contributed by atoms with E-state index in [-0.39, 0.29) is 22.8 Å². The molecule has 1 aromatic rings. The highest BCUT2D eigenvalue weighted by Crippen LogP contribution is 2.65. The monoisotopic (exact) mass is 314 g/mol. The standard InChI is InChI=1S/C18H22N2O3/c1-11-17(2,3)13-6-7-18(11,9-13)16(23)20-19-10-12-4-5-14(21)15(22)8-12/h4-5,8,10,13,21-22H,1,6-7,9H2,2-3H3,(H,20,23)/b19-10-/t13-,18-/m0/s1. The second-order valence-corrected chi connectivity index (χ2v) is 7.17. The molecule has 2 atom stereocenters. The molecule has 2 bridgehead atoms. The van der Waals surface area contributed by atoms with Crippen LogP contribution in [0.2, 0.25) is 0 Å². The van der Waals surface area contributed by atoms with E-state index in [1.54, 1.807) is 6.07 Å². The fourth-order valence-electron chi connectivity index (χ4n) is 4.04. The van der Waals surface area contributed by atoms with Crippen LogP contribution in [0.4, 0.5) is 0 Å². The number of phenols is 2. The van der Waals surface area contributed by atoms with E-state index in [4.69, 9.17) is 0 Å². The number of phenolic OH excluding ortho intramolecular Hbond substituents is 2. The summed E-state index contributed by atoms with van der Waals surface area (Å²) >= 11 is 0. The fourth-order valence-corrected chi connectivity index (χ4v) is 4.04. The molecule has 2 aliphatic rings. The molecule has 5 heteroatoms. The Morgan fingerprint density at radius 3 is 2.74 bits per heavy atom. The summed E-state index contributed by atoms with van der Waals surface area (Å²) in [4.78, 5) is 12.7. The third-order valence-corrected chi connectivity index (χ3v) is 5.70. The van der Waals surface area contributed by atoms with Crippen LogP contribution in [-0.2, 0) is 4.79 Å². The number of hydrogen-bond donors (Lipinski definition) is 3. The molecule has 1 aromatic carbocycles. The third-order valence-electron chi connectivity index (χ3n) is 5.70. The summed E-state index contributed by atoms with van der Waals surface area (Å²) in [6.07, 6.45) is 4.18. The number of nitrogens with one attached hydrogen (secondary N) is 1. The lowest BCUT2D eigenvalue weighted by Gasteiger charge is -2.36. The summed E-state index contributed by atoms with van der Waals surface area (Å²) < 4.78 is 0. The largest absolute Gasteiger partial charge is 0.504 e. The second-order valence-electron chi connectivity index (χ2n) is 7.17. The van der Waals surface area contributed by atoms with Crippen molar-refractivity contribution in [2.75, 3.05) is 0 Å². The molecular formula is C18H22N2O3. The molecule has 0 aromatic heterocycles. The van der Waals surface area contributed by atoms with Crippen molar-refractivity contribution in [3.8, 4) is 11.5 Å². The lowest BCUT2D eigenvalue weighted by molar-refractivity contribution is -0.128. The maximum atomic E-state index is 12.7. The number of nitrogens with zero attached hydrogens (tertiary/aromatic N) is 1. The summed E-state index contributed by atoms with van der Waals surface area (Å²) in [7, 11) is 0. The highest BCUT2D eigenvalue weighted by atomic mass is 16.3. The predicted molar refractivity (Wildman–Crippen MR) is 88.2 cm³/mol. The van der Waals surface area contributed by atoms with Gasteiger partial charge in [-0.25, -0.2) is 5.43 Å². The molecule has 3 N–H and O–H groups in total. The van der Waals surface area contributed by atoms with Crippen LogP contribution in [0, 0.1) is 16.7 Å². The van der Waals surface area contributed by atoms with Gasteiger partial charge >= 0.3 is 0 Å². The van der Waals surface area contributed by atoms with Crippen molar-refractivity contribution in [1.82, 2.24) is 5.43 Å². The van der Waals surface area contributed by atoms with Crippen molar-refractivity contribution >= 4 is 12.1 Å². The molecule has 2 saturated carbocycles. The topological polar surface area (TPSA) is 81.9 Å². The molecule has 0 unspecified atom stereocenters. The number of hydrazone groups is 1.